The van der Waals surface area contributed by atoms with Gasteiger partial charge in [0.1, 0.15) is 0 Å². The van der Waals surface area contributed by atoms with Crippen LogP contribution in [0.3, 0.4) is 0 Å². The fourth-order valence-corrected chi connectivity index (χ4v) is 2.64. The van der Waals surface area contributed by atoms with Crippen LogP contribution in [0.2, 0.25) is 25.7 Å². The molecule has 0 fully saturated rings. The Morgan fingerprint density at radius 2 is 2.05 bits per heavy atom. The highest BCUT2D eigenvalue weighted by Gasteiger charge is 2.14. The second-order valence-electron chi connectivity index (χ2n) is 6.14. The molecule has 1 aromatic carbocycles. The molecule has 0 aliphatic carbocycles. The number of hydrogen-bond acceptors (Lipinski definition) is 3. The quantitative estimate of drug-likeness (QED) is 0.855. The zero-order chi connectivity index (χ0) is 14.0. The predicted octanol–water partition coefficient (Wildman–Crippen LogP) is 2.75. The smallest absolute Gasteiger partial charge is 0.297 e. The van der Waals surface area contributed by atoms with Crippen molar-refractivity contribution in [2.45, 2.75) is 32.2 Å². The molecule has 0 bridgehead atoms. The third-order valence-electron chi connectivity index (χ3n) is 3.22. The van der Waals surface area contributed by atoms with Gasteiger partial charge >= 0.3 is 0 Å². The van der Waals surface area contributed by atoms with Crippen LogP contribution in [0.25, 0.3) is 11.0 Å². The summed E-state index contributed by atoms with van der Waals surface area (Å²) < 4.78 is 7.83. The van der Waals surface area contributed by atoms with E-state index in [4.69, 9.17) is 10.5 Å². The van der Waals surface area contributed by atoms with Crippen molar-refractivity contribution in [2.75, 3.05) is 6.61 Å². The Hall–Kier alpha value is -1.33. The van der Waals surface area contributed by atoms with Crippen molar-refractivity contribution in [1.29, 1.82) is 0 Å². The number of aryl methyl sites for hydroxylation is 1. The van der Waals surface area contributed by atoms with Crippen LogP contribution in [-0.2, 0) is 13.6 Å². The Bertz CT molecular complexity index is 572. The number of imidazole rings is 1. The van der Waals surface area contributed by atoms with Crippen LogP contribution in [0.5, 0.6) is 6.01 Å². The lowest BCUT2D eigenvalue weighted by Gasteiger charge is -2.15. The summed E-state index contributed by atoms with van der Waals surface area (Å²) in [4.78, 5) is 4.54. The number of rotatable bonds is 5. The van der Waals surface area contributed by atoms with Crippen LogP contribution in [0.4, 0.5) is 0 Å². The van der Waals surface area contributed by atoms with Crippen LogP contribution >= 0.6 is 0 Å². The molecule has 4 nitrogen and oxygen atoms in total. The van der Waals surface area contributed by atoms with Crippen molar-refractivity contribution in [1.82, 2.24) is 9.55 Å². The first-order chi connectivity index (χ1) is 8.90. The fraction of sp³-hybridized carbons (Fsp3) is 0.500. The summed E-state index contributed by atoms with van der Waals surface area (Å²) >= 11 is 0. The topological polar surface area (TPSA) is 53.1 Å². The van der Waals surface area contributed by atoms with Crippen molar-refractivity contribution in [3.63, 3.8) is 0 Å². The molecule has 5 heteroatoms. The Morgan fingerprint density at radius 3 is 2.68 bits per heavy atom. The number of hydrogen-bond donors (Lipinski definition) is 1. The number of nitrogens with two attached hydrogens (primary N) is 1. The third kappa shape index (κ3) is 3.36. The monoisotopic (exact) mass is 277 g/mol. The van der Waals surface area contributed by atoms with E-state index in [-0.39, 0.29) is 0 Å². The largest absolute Gasteiger partial charge is 0.465 e. The highest BCUT2D eigenvalue weighted by molar-refractivity contribution is 6.76. The van der Waals surface area contributed by atoms with Crippen molar-refractivity contribution in [3.8, 4) is 6.01 Å². The molecule has 2 aromatic rings. The number of nitrogens with zero attached hydrogens (tertiary/aromatic N) is 2. The maximum Gasteiger partial charge on any atom is 0.297 e. The fourth-order valence-electron chi connectivity index (χ4n) is 1.93. The lowest BCUT2D eigenvalue weighted by atomic mass is 10.2. The summed E-state index contributed by atoms with van der Waals surface area (Å²) in [6.07, 6.45) is 0. The van der Waals surface area contributed by atoms with Gasteiger partial charge in [-0.05, 0) is 23.7 Å². The van der Waals surface area contributed by atoms with Crippen molar-refractivity contribution < 1.29 is 4.74 Å². The molecule has 0 aliphatic heterocycles. The van der Waals surface area contributed by atoms with Crippen LogP contribution in [-0.4, -0.2) is 24.2 Å². The summed E-state index contributed by atoms with van der Waals surface area (Å²) in [5.74, 6) is 0. The summed E-state index contributed by atoms with van der Waals surface area (Å²) in [5.41, 5.74) is 8.78. The maximum atomic E-state index is 5.83. The second-order valence-corrected chi connectivity index (χ2v) is 11.8. The van der Waals surface area contributed by atoms with Gasteiger partial charge in [-0.25, -0.2) is 0 Å². The Balaban J connectivity index is 2.17. The molecule has 19 heavy (non-hydrogen) atoms. The summed E-state index contributed by atoms with van der Waals surface area (Å²) in [6.45, 7) is 8.32. The Morgan fingerprint density at radius 1 is 1.32 bits per heavy atom. The first kappa shape index (κ1) is 14.1. The lowest BCUT2D eigenvalue weighted by molar-refractivity contribution is 0.302. The van der Waals surface area contributed by atoms with Gasteiger partial charge in [-0.2, -0.15) is 4.98 Å². The van der Waals surface area contributed by atoms with E-state index in [1.165, 1.54) is 0 Å². The van der Waals surface area contributed by atoms with E-state index in [1.54, 1.807) is 0 Å². The van der Waals surface area contributed by atoms with Gasteiger partial charge < -0.3 is 10.5 Å². The Labute approximate surface area is 115 Å². The van der Waals surface area contributed by atoms with Gasteiger partial charge in [0.25, 0.3) is 6.01 Å². The normalized spacial score (nSPS) is 12.1. The minimum absolute atomic E-state index is 0.540. The Kier molecular flexibility index (Phi) is 3.96. The molecule has 0 spiro atoms. The van der Waals surface area contributed by atoms with Crippen molar-refractivity contribution in [3.05, 3.63) is 23.8 Å². The number of benzene rings is 1. The van der Waals surface area contributed by atoms with Gasteiger partial charge in [0.15, 0.2) is 0 Å². The van der Waals surface area contributed by atoms with Gasteiger partial charge in [-0.1, -0.05) is 25.7 Å². The summed E-state index contributed by atoms with van der Waals surface area (Å²) in [6, 6.07) is 7.96. The standard InChI is InChI=1S/C14H23N3OSi/c1-17-13-6-5-11(10-15)9-12(13)16-14(17)18-7-8-19(2,3)4/h5-6,9H,7-8,10,15H2,1-4H3. The van der Waals surface area contributed by atoms with E-state index in [1.807, 2.05) is 23.7 Å². The molecule has 0 saturated carbocycles. The van der Waals surface area contributed by atoms with Gasteiger partial charge in [-0.15, -0.1) is 0 Å². The predicted molar refractivity (Wildman–Crippen MR) is 82.3 cm³/mol. The zero-order valence-corrected chi connectivity index (χ0v) is 13.2. The molecule has 0 unspecified atom stereocenters. The summed E-state index contributed by atoms with van der Waals surface area (Å²) in [5, 5.41) is 0. The van der Waals surface area contributed by atoms with E-state index in [2.05, 4.69) is 30.7 Å². The minimum Gasteiger partial charge on any atom is -0.465 e. The molecule has 0 saturated heterocycles. The number of ether oxygens (including phenoxy) is 1. The molecule has 104 valence electrons. The SMILES string of the molecule is Cn1c(OCC[Si](C)(C)C)nc2cc(CN)ccc21. The molecule has 0 atom stereocenters. The van der Waals surface area contributed by atoms with E-state index in [0.717, 1.165) is 29.2 Å². The minimum atomic E-state index is -1.06. The van der Waals surface area contributed by atoms with E-state index in [0.29, 0.717) is 12.6 Å². The van der Waals surface area contributed by atoms with Gasteiger partial charge in [0.2, 0.25) is 0 Å². The van der Waals surface area contributed by atoms with Gasteiger partial charge in [0.05, 0.1) is 17.6 Å². The molecule has 1 aromatic heterocycles. The number of fused-ring (bicyclic) bond motifs is 1. The van der Waals surface area contributed by atoms with Crippen molar-refractivity contribution >= 4 is 19.1 Å². The first-order valence-corrected chi connectivity index (χ1v) is 10.4. The molecule has 2 rings (SSSR count). The maximum absolute atomic E-state index is 5.83. The molecular formula is C14H23N3OSi. The average Bonchev–Trinajstić information content (AvgIpc) is 2.64. The molecule has 0 radical (unpaired) electrons. The number of aromatic nitrogens is 2. The van der Waals surface area contributed by atoms with E-state index >= 15 is 0 Å². The highest BCUT2D eigenvalue weighted by Crippen LogP contribution is 2.21. The molecule has 2 N–H and O–H groups in total. The third-order valence-corrected chi connectivity index (χ3v) is 4.93. The van der Waals surface area contributed by atoms with Crippen LogP contribution in [0, 0.1) is 0 Å². The molecular weight excluding hydrogens is 254 g/mol. The average molecular weight is 277 g/mol. The summed E-state index contributed by atoms with van der Waals surface area (Å²) in [7, 11) is 0.927. The van der Waals surface area contributed by atoms with Gasteiger partial charge in [0, 0.05) is 21.7 Å². The van der Waals surface area contributed by atoms with E-state index in [9.17, 15) is 0 Å². The molecule has 1 heterocycles. The van der Waals surface area contributed by atoms with Crippen LogP contribution in [0.15, 0.2) is 18.2 Å². The molecule has 0 amide bonds. The van der Waals surface area contributed by atoms with E-state index < -0.39 is 8.07 Å². The second kappa shape index (κ2) is 5.34. The van der Waals surface area contributed by atoms with Crippen molar-refractivity contribution in [2.24, 2.45) is 12.8 Å². The van der Waals surface area contributed by atoms with Crippen LogP contribution < -0.4 is 10.5 Å². The van der Waals surface area contributed by atoms with Crippen LogP contribution in [0.1, 0.15) is 5.56 Å². The first-order valence-electron chi connectivity index (χ1n) is 6.69. The van der Waals surface area contributed by atoms with Gasteiger partial charge in [-0.3, -0.25) is 4.57 Å². The highest BCUT2D eigenvalue weighted by atomic mass is 28.3. The zero-order valence-electron chi connectivity index (χ0n) is 12.2. The molecule has 0 aliphatic rings. The lowest BCUT2D eigenvalue weighted by Crippen LogP contribution is -2.22.